The Morgan fingerprint density at radius 1 is 1.16 bits per heavy atom. The lowest BCUT2D eigenvalue weighted by atomic mass is 10.1. The van der Waals surface area contributed by atoms with Crippen molar-refractivity contribution in [2.24, 2.45) is 0 Å². The van der Waals surface area contributed by atoms with Gasteiger partial charge in [-0.15, -0.1) is 0 Å². The largest absolute Gasteiger partial charge is 0.484 e. The molecule has 0 spiro atoms. The number of carboxylic acid groups (broad SMARTS) is 1. The Hall–Kier alpha value is -3.26. The van der Waals surface area contributed by atoms with Crippen LogP contribution in [0.5, 0.6) is 5.75 Å². The molecule has 0 saturated heterocycles. The van der Waals surface area contributed by atoms with E-state index in [2.05, 4.69) is 5.32 Å². The highest BCUT2D eigenvalue weighted by Gasteiger charge is 2.20. The molecule has 3 aromatic rings. The van der Waals surface area contributed by atoms with Gasteiger partial charge < -0.3 is 19.6 Å². The van der Waals surface area contributed by atoms with E-state index in [4.69, 9.17) is 9.15 Å². The van der Waals surface area contributed by atoms with Crippen molar-refractivity contribution in [2.75, 3.05) is 12.4 Å². The van der Waals surface area contributed by atoms with Crippen LogP contribution in [-0.4, -0.2) is 35.4 Å². The summed E-state index contributed by atoms with van der Waals surface area (Å²) in [5.41, 5.74) is 1.94. The summed E-state index contributed by atoms with van der Waals surface area (Å²) in [4.78, 5) is 35.5. The number of aliphatic carboxylic acids is 1. The second kappa shape index (κ2) is 11.4. The zero-order valence-electron chi connectivity index (χ0n) is 17.7. The first-order valence-corrected chi connectivity index (χ1v) is 11.4. The molecule has 0 aliphatic carbocycles. The monoisotopic (exact) mass is 455 g/mol. The van der Waals surface area contributed by atoms with E-state index in [1.807, 2.05) is 37.3 Å². The van der Waals surface area contributed by atoms with E-state index in [0.29, 0.717) is 17.1 Å². The summed E-state index contributed by atoms with van der Waals surface area (Å²) in [6.45, 7) is 1.68. The summed E-state index contributed by atoms with van der Waals surface area (Å²) in [5, 5.41) is 12.7. The third-order valence-corrected chi connectivity index (χ3v) is 5.83. The molecule has 32 heavy (non-hydrogen) atoms. The fraction of sp³-hybridized carbons (Fsp3) is 0.292. The van der Waals surface area contributed by atoms with Crippen LogP contribution in [0.2, 0.25) is 0 Å². The van der Waals surface area contributed by atoms with Gasteiger partial charge in [-0.05, 0) is 29.7 Å². The Kier molecular flexibility index (Phi) is 8.33. The van der Waals surface area contributed by atoms with E-state index in [1.165, 1.54) is 17.8 Å². The van der Waals surface area contributed by atoms with Gasteiger partial charge >= 0.3 is 11.6 Å². The van der Waals surface area contributed by atoms with E-state index in [-0.39, 0.29) is 12.4 Å². The average Bonchev–Trinajstić information content (AvgIpc) is 2.77. The fourth-order valence-corrected chi connectivity index (χ4v) is 4.21. The van der Waals surface area contributed by atoms with Crippen LogP contribution in [0.15, 0.2) is 63.8 Å². The molecule has 2 aromatic carbocycles. The predicted molar refractivity (Wildman–Crippen MR) is 124 cm³/mol. The number of rotatable bonds is 11. The smallest absolute Gasteiger partial charge is 0.336 e. The van der Waals surface area contributed by atoms with Gasteiger partial charge in [0.2, 0.25) is 0 Å². The van der Waals surface area contributed by atoms with Gasteiger partial charge in [0.05, 0.1) is 0 Å². The van der Waals surface area contributed by atoms with Crippen LogP contribution in [0.1, 0.15) is 24.5 Å². The zero-order chi connectivity index (χ0) is 22.9. The molecule has 0 aliphatic rings. The fourth-order valence-electron chi connectivity index (χ4n) is 3.20. The molecular formula is C24H25NO6S. The van der Waals surface area contributed by atoms with Crippen molar-refractivity contribution in [3.63, 3.8) is 0 Å². The molecule has 0 bridgehead atoms. The lowest BCUT2D eigenvalue weighted by molar-refractivity contribution is -0.141. The molecule has 1 amide bonds. The zero-order valence-corrected chi connectivity index (χ0v) is 18.5. The average molecular weight is 456 g/mol. The molecule has 1 heterocycles. The topological polar surface area (TPSA) is 106 Å². The number of carbonyl (C=O) groups is 2. The highest BCUT2D eigenvalue weighted by molar-refractivity contribution is 7.98. The van der Waals surface area contributed by atoms with Gasteiger partial charge in [-0.3, -0.25) is 4.79 Å². The van der Waals surface area contributed by atoms with Crippen molar-refractivity contribution in [1.82, 2.24) is 5.32 Å². The van der Waals surface area contributed by atoms with E-state index < -0.39 is 23.5 Å². The van der Waals surface area contributed by atoms with Crippen molar-refractivity contribution in [3.05, 3.63) is 76.1 Å². The molecule has 0 fully saturated rings. The summed E-state index contributed by atoms with van der Waals surface area (Å²) >= 11 is 1.43. The van der Waals surface area contributed by atoms with E-state index >= 15 is 0 Å². The lowest BCUT2D eigenvalue weighted by Gasteiger charge is -2.15. The first-order chi connectivity index (χ1) is 15.5. The molecule has 0 aliphatic heterocycles. The van der Waals surface area contributed by atoms with E-state index in [1.54, 1.807) is 18.2 Å². The van der Waals surface area contributed by atoms with Gasteiger partial charge in [0.1, 0.15) is 17.4 Å². The maximum atomic E-state index is 12.2. The van der Waals surface area contributed by atoms with Crippen LogP contribution in [0.25, 0.3) is 11.0 Å². The first-order valence-electron chi connectivity index (χ1n) is 10.3. The number of benzene rings is 2. The summed E-state index contributed by atoms with van der Waals surface area (Å²) in [6.07, 6.45) is 1.65. The Bertz CT molecular complexity index is 1130. The number of aryl methyl sites for hydroxylation is 1. The minimum atomic E-state index is -1.10. The second-order valence-electron chi connectivity index (χ2n) is 7.25. The minimum Gasteiger partial charge on any atom is -0.484 e. The molecule has 2 N–H and O–H groups in total. The summed E-state index contributed by atoms with van der Waals surface area (Å²) in [5.74, 6) is -0.403. The Labute approximate surface area is 189 Å². The predicted octanol–water partition coefficient (Wildman–Crippen LogP) is 3.63. The van der Waals surface area contributed by atoms with Crippen LogP contribution in [0, 0.1) is 0 Å². The third kappa shape index (κ3) is 6.62. The highest BCUT2D eigenvalue weighted by Crippen LogP contribution is 2.23. The maximum absolute atomic E-state index is 12.2. The molecule has 3 rings (SSSR count). The van der Waals surface area contributed by atoms with Crippen LogP contribution in [0.4, 0.5) is 0 Å². The maximum Gasteiger partial charge on any atom is 0.336 e. The summed E-state index contributed by atoms with van der Waals surface area (Å²) in [6, 6.07) is 15.2. The molecule has 1 unspecified atom stereocenters. The summed E-state index contributed by atoms with van der Waals surface area (Å²) < 4.78 is 10.8. The number of ether oxygens (including phenoxy) is 1. The number of fused-ring (bicyclic) bond motifs is 1. The molecule has 1 atom stereocenters. The number of amides is 1. The van der Waals surface area contributed by atoms with Crippen LogP contribution >= 0.6 is 11.8 Å². The molecule has 168 valence electrons. The molecular weight excluding hydrogens is 430 g/mol. The van der Waals surface area contributed by atoms with Gasteiger partial charge in [-0.2, -0.15) is 11.8 Å². The molecule has 1 aromatic heterocycles. The first kappa shape index (κ1) is 23.4. The number of thioether (sulfide) groups is 1. The van der Waals surface area contributed by atoms with Gasteiger partial charge in [-0.25, -0.2) is 9.59 Å². The normalized spacial score (nSPS) is 11.8. The lowest BCUT2D eigenvalue weighted by Crippen LogP contribution is -2.44. The van der Waals surface area contributed by atoms with Crippen LogP contribution in [0.3, 0.4) is 0 Å². The Morgan fingerprint density at radius 3 is 2.66 bits per heavy atom. The number of nitrogens with one attached hydrogen (secondary N) is 1. The van der Waals surface area contributed by atoms with Gasteiger partial charge in [0.25, 0.3) is 5.91 Å². The minimum absolute atomic E-state index is 0.233. The van der Waals surface area contributed by atoms with Crippen LogP contribution in [-0.2, 0) is 21.8 Å². The second-order valence-corrected chi connectivity index (χ2v) is 8.28. The molecule has 0 saturated carbocycles. The highest BCUT2D eigenvalue weighted by atomic mass is 32.2. The number of carbonyl (C=O) groups excluding carboxylic acids is 1. The Balaban J connectivity index is 1.55. The van der Waals surface area contributed by atoms with Gasteiger partial charge in [-0.1, -0.05) is 43.7 Å². The third-order valence-electron chi connectivity index (χ3n) is 4.72. The SMILES string of the molecule is CCCc1cc(=O)oc2cc(OCC(=O)NC(CSCc3ccccc3)C(=O)O)ccc12. The Morgan fingerprint density at radius 2 is 1.94 bits per heavy atom. The molecule has 7 nitrogen and oxygen atoms in total. The van der Waals surface area contributed by atoms with Gasteiger partial charge in [0, 0.05) is 29.0 Å². The quantitative estimate of drug-likeness (QED) is 0.425. The van der Waals surface area contributed by atoms with Crippen molar-refractivity contribution in [2.45, 2.75) is 31.6 Å². The van der Waals surface area contributed by atoms with Crippen molar-refractivity contribution in [1.29, 1.82) is 0 Å². The van der Waals surface area contributed by atoms with Crippen molar-refractivity contribution in [3.8, 4) is 5.75 Å². The van der Waals surface area contributed by atoms with Crippen molar-refractivity contribution >= 4 is 34.6 Å². The van der Waals surface area contributed by atoms with Crippen molar-refractivity contribution < 1.29 is 23.8 Å². The number of carboxylic acids is 1. The van der Waals surface area contributed by atoms with Gasteiger partial charge in [0.15, 0.2) is 6.61 Å². The summed E-state index contributed by atoms with van der Waals surface area (Å²) in [7, 11) is 0. The number of hydrogen-bond donors (Lipinski definition) is 2. The van der Waals surface area contributed by atoms with Crippen LogP contribution < -0.4 is 15.7 Å². The van der Waals surface area contributed by atoms with E-state index in [0.717, 1.165) is 29.4 Å². The standard InChI is InChI=1S/C24H25NO6S/c1-2-6-17-11-23(27)31-21-12-18(9-10-19(17)21)30-13-22(26)25-20(24(28)29)15-32-14-16-7-4-3-5-8-16/h3-5,7-12,20H,2,6,13-15H2,1H3,(H,25,26)(H,28,29). The number of hydrogen-bond acceptors (Lipinski definition) is 6. The van der Waals surface area contributed by atoms with E-state index in [9.17, 15) is 19.5 Å². The molecule has 0 radical (unpaired) electrons. The molecule has 8 heteroatoms.